The van der Waals surface area contributed by atoms with Gasteiger partial charge in [0, 0.05) is 29.9 Å². The summed E-state index contributed by atoms with van der Waals surface area (Å²) in [4.78, 5) is 0. The van der Waals surface area contributed by atoms with Crippen LogP contribution in [0.4, 0.5) is 5.69 Å². The van der Waals surface area contributed by atoms with Gasteiger partial charge in [-0.25, -0.2) is 0 Å². The molecular weight excluding hydrogens is 202 g/mol. The van der Waals surface area contributed by atoms with E-state index in [0.717, 1.165) is 30.2 Å². The van der Waals surface area contributed by atoms with Crippen molar-refractivity contribution in [3.05, 3.63) is 17.7 Å². The Hall–Kier alpha value is -1.38. The number of benzene rings is 1. The molecule has 1 aromatic carbocycles. The van der Waals surface area contributed by atoms with Crippen LogP contribution in [0.1, 0.15) is 25.8 Å². The normalized spacial score (nSPS) is 17.2. The zero-order chi connectivity index (χ0) is 11.8. The van der Waals surface area contributed by atoms with Crippen molar-refractivity contribution in [1.82, 2.24) is 0 Å². The minimum absolute atomic E-state index is 0.151. The van der Waals surface area contributed by atoms with Gasteiger partial charge in [0.25, 0.3) is 0 Å². The van der Waals surface area contributed by atoms with Crippen molar-refractivity contribution < 1.29 is 9.47 Å². The molecule has 2 rings (SSSR count). The topological polar surface area (TPSA) is 30.5 Å². The quantitative estimate of drug-likeness (QED) is 0.833. The van der Waals surface area contributed by atoms with Crippen molar-refractivity contribution in [2.45, 2.75) is 25.7 Å². The van der Waals surface area contributed by atoms with E-state index < -0.39 is 0 Å². The Kier molecular flexibility index (Phi) is 2.70. The third-order valence-corrected chi connectivity index (χ3v) is 3.27. The van der Waals surface area contributed by atoms with E-state index in [1.807, 2.05) is 12.1 Å². The molecule has 88 valence electrons. The number of fused-ring (bicyclic) bond motifs is 1. The molecule has 1 heterocycles. The highest BCUT2D eigenvalue weighted by molar-refractivity contribution is 5.65. The third-order valence-electron chi connectivity index (χ3n) is 3.27. The average Bonchev–Trinajstić information content (AvgIpc) is 2.26. The second kappa shape index (κ2) is 3.89. The van der Waals surface area contributed by atoms with E-state index in [1.165, 1.54) is 5.56 Å². The fraction of sp³-hybridized carbons (Fsp3) is 0.538. The summed E-state index contributed by atoms with van der Waals surface area (Å²) in [5, 5.41) is 3.41. The van der Waals surface area contributed by atoms with Gasteiger partial charge in [-0.3, -0.25) is 0 Å². The summed E-state index contributed by atoms with van der Waals surface area (Å²) < 4.78 is 10.7. The van der Waals surface area contributed by atoms with Gasteiger partial charge in [-0.1, -0.05) is 13.8 Å². The molecule has 0 unspecified atom stereocenters. The molecule has 1 aliphatic rings. The van der Waals surface area contributed by atoms with E-state index in [1.54, 1.807) is 14.2 Å². The molecule has 0 amide bonds. The lowest BCUT2D eigenvalue weighted by atomic mass is 9.77. The summed E-state index contributed by atoms with van der Waals surface area (Å²) in [6.45, 7) is 5.50. The standard InChI is InChI=1S/C13H19NO2/c1-13(2)5-6-14-10-7-9(15-3)8-11(16-4)12(10)13/h7-8,14H,5-6H2,1-4H3. The Morgan fingerprint density at radius 3 is 2.56 bits per heavy atom. The van der Waals surface area contributed by atoms with Gasteiger partial charge in [0.1, 0.15) is 11.5 Å². The number of hydrogen-bond donors (Lipinski definition) is 1. The van der Waals surface area contributed by atoms with E-state index in [2.05, 4.69) is 19.2 Å². The molecule has 3 nitrogen and oxygen atoms in total. The molecule has 0 saturated heterocycles. The SMILES string of the molecule is COc1cc2c(c(OC)c1)C(C)(C)CCN2. The van der Waals surface area contributed by atoms with Gasteiger partial charge in [0.05, 0.1) is 14.2 Å². The summed E-state index contributed by atoms with van der Waals surface area (Å²) in [5.74, 6) is 1.74. The van der Waals surface area contributed by atoms with E-state index in [-0.39, 0.29) is 5.41 Å². The molecule has 0 saturated carbocycles. The van der Waals surface area contributed by atoms with Gasteiger partial charge in [0.15, 0.2) is 0 Å². The molecule has 1 aliphatic heterocycles. The van der Waals surface area contributed by atoms with E-state index in [0.29, 0.717) is 0 Å². The van der Waals surface area contributed by atoms with Crippen molar-refractivity contribution in [3.8, 4) is 11.5 Å². The number of anilines is 1. The first kappa shape index (κ1) is 11.1. The molecule has 1 aromatic rings. The van der Waals surface area contributed by atoms with Crippen molar-refractivity contribution in [2.75, 3.05) is 26.1 Å². The molecule has 1 N–H and O–H groups in total. The number of nitrogens with one attached hydrogen (secondary N) is 1. The molecule has 16 heavy (non-hydrogen) atoms. The Bertz CT molecular complexity index is 382. The Morgan fingerprint density at radius 2 is 1.94 bits per heavy atom. The van der Waals surface area contributed by atoms with Gasteiger partial charge < -0.3 is 14.8 Å². The highest BCUT2D eigenvalue weighted by atomic mass is 16.5. The van der Waals surface area contributed by atoms with Crippen molar-refractivity contribution in [2.24, 2.45) is 0 Å². The van der Waals surface area contributed by atoms with Crippen LogP contribution in [0.2, 0.25) is 0 Å². The lowest BCUT2D eigenvalue weighted by molar-refractivity contribution is 0.373. The largest absolute Gasteiger partial charge is 0.497 e. The molecule has 0 aliphatic carbocycles. The van der Waals surface area contributed by atoms with Crippen LogP contribution in [-0.4, -0.2) is 20.8 Å². The minimum Gasteiger partial charge on any atom is -0.497 e. The van der Waals surface area contributed by atoms with Crippen molar-refractivity contribution >= 4 is 5.69 Å². The summed E-state index contributed by atoms with van der Waals surface area (Å²) in [6, 6.07) is 3.99. The molecule has 0 atom stereocenters. The van der Waals surface area contributed by atoms with Gasteiger partial charge in [0.2, 0.25) is 0 Å². The zero-order valence-corrected chi connectivity index (χ0v) is 10.4. The van der Waals surface area contributed by atoms with E-state index in [4.69, 9.17) is 9.47 Å². The van der Waals surface area contributed by atoms with Crippen LogP contribution < -0.4 is 14.8 Å². The summed E-state index contributed by atoms with van der Waals surface area (Å²) in [5.41, 5.74) is 2.53. The van der Waals surface area contributed by atoms with Crippen LogP contribution in [0, 0.1) is 0 Å². The molecule has 0 spiro atoms. The predicted octanol–water partition coefficient (Wildman–Crippen LogP) is 2.80. The fourth-order valence-electron chi connectivity index (χ4n) is 2.34. The van der Waals surface area contributed by atoms with Crippen molar-refractivity contribution in [1.29, 1.82) is 0 Å². The third kappa shape index (κ3) is 1.70. The minimum atomic E-state index is 0.151. The summed E-state index contributed by atoms with van der Waals surface area (Å²) >= 11 is 0. The van der Waals surface area contributed by atoms with Crippen LogP contribution in [0.15, 0.2) is 12.1 Å². The lowest BCUT2D eigenvalue weighted by Crippen LogP contribution is -2.28. The maximum Gasteiger partial charge on any atom is 0.128 e. The van der Waals surface area contributed by atoms with Crippen LogP contribution in [0.5, 0.6) is 11.5 Å². The maximum absolute atomic E-state index is 5.47. The van der Waals surface area contributed by atoms with Crippen LogP contribution in [-0.2, 0) is 5.41 Å². The van der Waals surface area contributed by atoms with Crippen LogP contribution >= 0.6 is 0 Å². The highest BCUT2D eigenvalue weighted by Crippen LogP contribution is 2.44. The van der Waals surface area contributed by atoms with E-state index in [9.17, 15) is 0 Å². The first-order valence-electron chi connectivity index (χ1n) is 5.59. The highest BCUT2D eigenvalue weighted by Gasteiger charge is 2.31. The zero-order valence-electron chi connectivity index (χ0n) is 10.4. The average molecular weight is 221 g/mol. The predicted molar refractivity (Wildman–Crippen MR) is 65.7 cm³/mol. The summed E-state index contributed by atoms with van der Waals surface area (Å²) in [7, 11) is 3.38. The van der Waals surface area contributed by atoms with Gasteiger partial charge in [-0.05, 0) is 11.8 Å². The number of ether oxygens (including phenoxy) is 2. The summed E-state index contributed by atoms with van der Waals surface area (Å²) in [6.07, 6.45) is 1.11. The molecule has 0 aromatic heterocycles. The first-order valence-corrected chi connectivity index (χ1v) is 5.59. The maximum atomic E-state index is 5.47. The monoisotopic (exact) mass is 221 g/mol. The first-order chi connectivity index (χ1) is 7.58. The number of hydrogen-bond acceptors (Lipinski definition) is 3. The van der Waals surface area contributed by atoms with Crippen LogP contribution in [0.3, 0.4) is 0 Å². The second-order valence-electron chi connectivity index (χ2n) is 4.81. The van der Waals surface area contributed by atoms with Gasteiger partial charge in [-0.2, -0.15) is 0 Å². The van der Waals surface area contributed by atoms with Gasteiger partial charge >= 0.3 is 0 Å². The number of methoxy groups -OCH3 is 2. The smallest absolute Gasteiger partial charge is 0.128 e. The van der Waals surface area contributed by atoms with Crippen molar-refractivity contribution in [3.63, 3.8) is 0 Å². The Balaban J connectivity index is 2.60. The van der Waals surface area contributed by atoms with E-state index >= 15 is 0 Å². The Morgan fingerprint density at radius 1 is 1.19 bits per heavy atom. The number of rotatable bonds is 2. The molecule has 0 radical (unpaired) electrons. The van der Waals surface area contributed by atoms with Gasteiger partial charge in [-0.15, -0.1) is 0 Å². The molecular formula is C13H19NO2. The molecule has 0 bridgehead atoms. The molecule has 3 heteroatoms. The Labute approximate surface area is 96.8 Å². The fourth-order valence-corrected chi connectivity index (χ4v) is 2.34. The lowest BCUT2D eigenvalue weighted by Gasteiger charge is -2.34. The second-order valence-corrected chi connectivity index (χ2v) is 4.81. The molecule has 0 fully saturated rings. The van der Waals surface area contributed by atoms with Crippen LogP contribution in [0.25, 0.3) is 0 Å².